The Morgan fingerprint density at radius 2 is 2.32 bits per heavy atom. The number of carbonyl (C=O) groups is 1. The van der Waals surface area contributed by atoms with Crippen LogP contribution in [-0.4, -0.2) is 21.1 Å². The van der Waals surface area contributed by atoms with E-state index in [1.54, 1.807) is 12.1 Å². The minimum atomic E-state index is -0.163. The largest absolute Gasteiger partial charge is 0.293 e. The predicted octanol–water partition coefficient (Wildman–Crippen LogP) is 2.59. The van der Waals surface area contributed by atoms with Gasteiger partial charge in [0.15, 0.2) is 0 Å². The van der Waals surface area contributed by atoms with Gasteiger partial charge < -0.3 is 0 Å². The number of halogens is 1. The van der Waals surface area contributed by atoms with Gasteiger partial charge in [-0.25, -0.2) is 0 Å². The molecule has 6 heteroatoms. The first kappa shape index (κ1) is 13.5. The van der Waals surface area contributed by atoms with E-state index in [-0.39, 0.29) is 12.3 Å². The quantitative estimate of drug-likeness (QED) is 0.883. The number of nitrogens with one attached hydrogen (secondary N) is 2. The van der Waals surface area contributed by atoms with Crippen LogP contribution in [0.5, 0.6) is 0 Å². The maximum atomic E-state index is 11.8. The second-order valence-electron chi connectivity index (χ2n) is 4.21. The van der Waals surface area contributed by atoms with Gasteiger partial charge >= 0.3 is 0 Å². The number of carbonyl (C=O) groups excluding carboxylic acids is 1. The molecule has 1 amide bonds. The van der Waals surface area contributed by atoms with Gasteiger partial charge in [-0.15, -0.1) is 5.10 Å². The van der Waals surface area contributed by atoms with E-state index in [9.17, 15) is 4.79 Å². The van der Waals surface area contributed by atoms with Gasteiger partial charge in [-0.3, -0.25) is 15.2 Å². The third-order valence-corrected chi connectivity index (χ3v) is 2.76. The normalized spacial score (nSPS) is 10.4. The van der Waals surface area contributed by atoms with E-state index >= 15 is 0 Å². The third-order valence-electron chi connectivity index (χ3n) is 2.52. The summed E-state index contributed by atoms with van der Waals surface area (Å²) in [4.78, 5) is 16.0. The topological polar surface area (TPSA) is 70.7 Å². The minimum absolute atomic E-state index is 0.163. The van der Waals surface area contributed by atoms with Gasteiger partial charge in [0.1, 0.15) is 5.82 Å². The lowest BCUT2D eigenvalue weighted by Crippen LogP contribution is -2.15. The Morgan fingerprint density at radius 3 is 3.05 bits per heavy atom. The number of aromatic nitrogens is 3. The van der Waals surface area contributed by atoms with Crippen LogP contribution in [0.2, 0.25) is 5.02 Å². The summed E-state index contributed by atoms with van der Waals surface area (Å²) in [5, 5.41) is 10.0. The maximum absolute atomic E-state index is 11.8. The Labute approximate surface area is 116 Å². The van der Waals surface area contributed by atoms with Crippen molar-refractivity contribution in [2.24, 2.45) is 0 Å². The number of hydrogen-bond donors (Lipinski definition) is 2. The average Bonchev–Trinajstić information content (AvgIpc) is 2.77. The van der Waals surface area contributed by atoms with Crippen LogP contribution in [-0.2, 0) is 17.6 Å². The number of H-pyrrole nitrogens is 1. The average molecular weight is 279 g/mol. The molecule has 2 aromatic rings. The fourth-order valence-corrected chi connectivity index (χ4v) is 1.91. The lowest BCUT2D eigenvalue weighted by Gasteiger charge is -2.01. The molecular weight excluding hydrogens is 264 g/mol. The van der Waals surface area contributed by atoms with Crippen molar-refractivity contribution in [2.45, 2.75) is 26.2 Å². The van der Waals surface area contributed by atoms with Gasteiger partial charge in [-0.05, 0) is 24.1 Å². The van der Waals surface area contributed by atoms with Crippen LogP contribution in [0.1, 0.15) is 24.7 Å². The van der Waals surface area contributed by atoms with E-state index in [0.717, 1.165) is 24.2 Å². The van der Waals surface area contributed by atoms with Crippen LogP contribution in [0, 0.1) is 0 Å². The molecule has 0 saturated heterocycles. The van der Waals surface area contributed by atoms with Crippen LogP contribution >= 0.6 is 11.6 Å². The number of nitrogens with zero attached hydrogens (tertiary/aromatic N) is 2. The summed E-state index contributed by atoms with van der Waals surface area (Å²) in [6.07, 6.45) is 2.04. The highest BCUT2D eigenvalue weighted by Crippen LogP contribution is 2.11. The van der Waals surface area contributed by atoms with Crippen molar-refractivity contribution in [1.82, 2.24) is 15.2 Å². The molecule has 0 aliphatic heterocycles. The molecule has 100 valence electrons. The fourth-order valence-electron chi connectivity index (χ4n) is 1.70. The third kappa shape index (κ3) is 4.06. The van der Waals surface area contributed by atoms with Gasteiger partial charge in [0, 0.05) is 11.4 Å². The molecule has 2 N–H and O–H groups in total. The summed E-state index contributed by atoms with van der Waals surface area (Å²) in [7, 11) is 0. The molecule has 0 spiro atoms. The molecular formula is C13H15ClN4O. The number of rotatable bonds is 5. The standard InChI is InChI=1S/C13H15ClN4O/c1-2-4-11-15-13(18-17-11)16-12(19)8-9-5-3-6-10(14)7-9/h3,5-7H,2,4,8H2,1H3,(H2,15,16,17,18,19). The first-order chi connectivity index (χ1) is 9.17. The fraction of sp³-hybridized carbons (Fsp3) is 0.308. The molecule has 0 saturated carbocycles. The molecule has 0 fully saturated rings. The zero-order valence-electron chi connectivity index (χ0n) is 10.6. The highest BCUT2D eigenvalue weighted by Gasteiger charge is 2.08. The van der Waals surface area contributed by atoms with E-state index in [1.807, 2.05) is 12.1 Å². The van der Waals surface area contributed by atoms with Crippen LogP contribution < -0.4 is 5.32 Å². The van der Waals surface area contributed by atoms with Crippen LogP contribution in [0.25, 0.3) is 0 Å². The maximum Gasteiger partial charge on any atom is 0.248 e. The Balaban J connectivity index is 1.93. The minimum Gasteiger partial charge on any atom is -0.293 e. The molecule has 19 heavy (non-hydrogen) atoms. The van der Waals surface area contributed by atoms with Gasteiger partial charge in [-0.2, -0.15) is 4.98 Å². The zero-order valence-corrected chi connectivity index (χ0v) is 11.4. The van der Waals surface area contributed by atoms with Gasteiger partial charge in [0.05, 0.1) is 6.42 Å². The predicted molar refractivity (Wildman–Crippen MR) is 74.2 cm³/mol. The van der Waals surface area contributed by atoms with E-state index in [1.165, 1.54) is 0 Å². The molecule has 0 aliphatic rings. The number of aryl methyl sites for hydroxylation is 1. The lowest BCUT2D eigenvalue weighted by atomic mass is 10.1. The molecule has 0 aliphatic carbocycles. The molecule has 1 heterocycles. The molecule has 5 nitrogen and oxygen atoms in total. The molecule has 0 radical (unpaired) electrons. The van der Waals surface area contributed by atoms with Crippen molar-refractivity contribution in [3.05, 3.63) is 40.7 Å². The first-order valence-electron chi connectivity index (χ1n) is 6.13. The summed E-state index contributed by atoms with van der Waals surface area (Å²) in [5.74, 6) is 0.931. The van der Waals surface area contributed by atoms with Gasteiger partial charge in [-0.1, -0.05) is 30.7 Å². The smallest absolute Gasteiger partial charge is 0.248 e. The lowest BCUT2D eigenvalue weighted by molar-refractivity contribution is -0.115. The number of aromatic amines is 1. The molecule has 0 bridgehead atoms. The number of anilines is 1. The summed E-state index contributed by atoms with van der Waals surface area (Å²) in [6, 6.07) is 7.21. The van der Waals surface area contributed by atoms with E-state index < -0.39 is 0 Å². The number of hydrogen-bond acceptors (Lipinski definition) is 3. The Kier molecular flexibility index (Phi) is 4.52. The zero-order chi connectivity index (χ0) is 13.7. The SMILES string of the molecule is CCCc1nc(NC(=O)Cc2cccc(Cl)c2)n[nH]1. The van der Waals surface area contributed by atoms with Crippen LogP contribution in [0.15, 0.2) is 24.3 Å². The number of amides is 1. The summed E-state index contributed by atoms with van der Waals surface area (Å²) in [6.45, 7) is 2.06. The summed E-state index contributed by atoms with van der Waals surface area (Å²) >= 11 is 5.87. The van der Waals surface area contributed by atoms with E-state index in [4.69, 9.17) is 11.6 Å². The van der Waals surface area contributed by atoms with Crippen molar-refractivity contribution >= 4 is 23.5 Å². The Morgan fingerprint density at radius 1 is 1.47 bits per heavy atom. The number of benzene rings is 1. The van der Waals surface area contributed by atoms with Crippen molar-refractivity contribution in [3.63, 3.8) is 0 Å². The van der Waals surface area contributed by atoms with Gasteiger partial charge in [0.2, 0.25) is 11.9 Å². The molecule has 2 rings (SSSR count). The molecule has 1 aromatic heterocycles. The molecule has 0 atom stereocenters. The second-order valence-corrected chi connectivity index (χ2v) is 4.65. The van der Waals surface area contributed by atoms with Crippen molar-refractivity contribution in [1.29, 1.82) is 0 Å². The highest BCUT2D eigenvalue weighted by molar-refractivity contribution is 6.30. The molecule has 0 unspecified atom stereocenters. The van der Waals surface area contributed by atoms with Crippen molar-refractivity contribution in [3.8, 4) is 0 Å². The van der Waals surface area contributed by atoms with Crippen molar-refractivity contribution < 1.29 is 4.79 Å². The first-order valence-corrected chi connectivity index (χ1v) is 6.50. The van der Waals surface area contributed by atoms with Gasteiger partial charge in [0.25, 0.3) is 0 Å². The van der Waals surface area contributed by atoms with Crippen molar-refractivity contribution in [2.75, 3.05) is 5.32 Å². The highest BCUT2D eigenvalue weighted by atomic mass is 35.5. The van der Waals surface area contributed by atoms with Crippen LogP contribution in [0.3, 0.4) is 0 Å². The monoisotopic (exact) mass is 278 g/mol. The van der Waals surface area contributed by atoms with E-state index in [2.05, 4.69) is 27.4 Å². The Bertz CT molecular complexity index is 567. The van der Waals surface area contributed by atoms with E-state index in [0.29, 0.717) is 11.0 Å². The summed E-state index contributed by atoms with van der Waals surface area (Å²) in [5.41, 5.74) is 0.856. The van der Waals surface area contributed by atoms with Crippen LogP contribution in [0.4, 0.5) is 5.95 Å². The molecule has 1 aromatic carbocycles. The summed E-state index contributed by atoms with van der Waals surface area (Å²) < 4.78 is 0. The second kappa shape index (κ2) is 6.33. The Hall–Kier alpha value is -1.88.